The van der Waals surface area contributed by atoms with Crippen LogP contribution in [0.5, 0.6) is 0 Å². The normalized spacial score (nSPS) is 10.6. The van der Waals surface area contributed by atoms with Gasteiger partial charge in [-0.05, 0) is 32.4 Å². The Morgan fingerprint density at radius 2 is 1.79 bits per heavy atom. The molecular formula is C13H14F2N4. The molecule has 0 spiro atoms. The van der Waals surface area contributed by atoms with Crippen LogP contribution in [0.4, 0.5) is 26.1 Å². The fourth-order valence-electron chi connectivity index (χ4n) is 1.66. The first kappa shape index (κ1) is 13.2. The van der Waals surface area contributed by atoms with Crippen LogP contribution in [-0.4, -0.2) is 9.97 Å². The van der Waals surface area contributed by atoms with E-state index in [4.69, 9.17) is 5.73 Å². The van der Waals surface area contributed by atoms with Crippen molar-refractivity contribution in [2.45, 2.75) is 20.8 Å². The van der Waals surface area contributed by atoms with Gasteiger partial charge in [0.2, 0.25) is 0 Å². The van der Waals surface area contributed by atoms with Gasteiger partial charge >= 0.3 is 0 Å². The van der Waals surface area contributed by atoms with Crippen molar-refractivity contribution in [3.63, 3.8) is 0 Å². The van der Waals surface area contributed by atoms with Gasteiger partial charge in [-0.2, -0.15) is 0 Å². The van der Waals surface area contributed by atoms with Crippen LogP contribution < -0.4 is 11.1 Å². The molecule has 3 N–H and O–H groups in total. The van der Waals surface area contributed by atoms with E-state index in [9.17, 15) is 8.78 Å². The van der Waals surface area contributed by atoms with Gasteiger partial charge in [0.25, 0.3) is 0 Å². The van der Waals surface area contributed by atoms with E-state index in [0.717, 1.165) is 0 Å². The summed E-state index contributed by atoms with van der Waals surface area (Å²) >= 11 is 0. The molecule has 0 aliphatic carbocycles. The summed E-state index contributed by atoms with van der Waals surface area (Å²) in [6.07, 6.45) is 0. The zero-order chi connectivity index (χ0) is 14.2. The molecule has 0 saturated carbocycles. The fourth-order valence-corrected chi connectivity index (χ4v) is 1.66. The molecule has 1 aromatic carbocycles. The van der Waals surface area contributed by atoms with Crippen LogP contribution in [0.2, 0.25) is 0 Å². The topological polar surface area (TPSA) is 63.8 Å². The minimum Gasteiger partial charge on any atom is -0.383 e. The van der Waals surface area contributed by atoms with Gasteiger partial charge in [-0.15, -0.1) is 0 Å². The Balaban J connectivity index is 2.51. The maximum atomic E-state index is 13.9. The van der Waals surface area contributed by atoms with E-state index in [1.165, 1.54) is 12.1 Å². The quantitative estimate of drug-likeness (QED) is 0.875. The Hall–Kier alpha value is -2.24. The Labute approximate surface area is 109 Å². The summed E-state index contributed by atoms with van der Waals surface area (Å²) in [5.74, 6) is -0.317. The van der Waals surface area contributed by atoms with Crippen LogP contribution >= 0.6 is 0 Å². The Morgan fingerprint density at radius 1 is 1.11 bits per heavy atom. The number of hydrogen-bond donors (Lipinski definition) is 2. The summed E-state index contributed by atoms with van der Waals surface area (Å²) in [6, 6.07) is 2.58. The molecule has 4 nitrogen and oxygen atoms in total. The summed E-state index contributed by atoms with van der Waals surface area (Å²) in [5, 5.41) is 2.65. The van der Waals surface area contributed by atoms with Crippen molar-refractivity contribution in [2.75, 3.05) is 11.1 Å². The Morgan fingerprint density at radius 3 is 2.47 bits per heavy atom. The highest BCUT2D eigenvalue weighted by atomic mass is 19.1. The Bertz CT molecular complexity index is 641. The first-order chi connectivity index (χ1) is 8.90. The molecule has 0 radical (unpaired) electrons. The molecule has 19 heavy (non-hydrogen) atoms. The number of nitrogens with zero attached hydrogens (tertiary/aromatic N) is 2. The van der Waals surface area contributed by atoms with Gasteiger partial charge < -0.3 is 11.1 Å². The van der Waals surface area contributed by atoms with Crippen LogP contribution in [0.1, 0.15) is 17.0 Å². The van der Waals surface area contributed by atoms with Gasteiger partial charge in [0.05, 0.1) is 0 Å². The summed E-state index contributed by atoms with van der Waals surface area (Å²) in [5.41, 5.74) is 6.36. The third-order valence-electron chi connectivity index (χ3n) is 2.82. The molecular weight excluding hydrogens is 250 g/mol. The largest absolute Gasteiger partial charge is 0.383 e. The van der Waals surface area contributed by atoms with Crippen LogP contribution in [0, 0.1) is 32.4 Å². The van der Waals surface area contributed by atoms with Gasteiger partial charge in [-0.1, -0.05) is 6.07 Å². The molecule has 0 atom stereocenters. The molecule has 0 aliphatic rings. The smallest absolute Gasteiger partial charge is 0.152 e. The third kappa shape index (κ3) is 2.47. The number of benzene rings is 1. The number of anilines is 3. The van der Waals surface area contributed by atoms with E-state index in [1.54, 1.807) is 20.8 Å². The third-order valence-corrected chi connectivity index (χ3v) is 2.82. The number of aryl methyl sites for hydroxylation is 2. The number of rotatable bonds is 2. The molecule has 0 aliphatic heterocycles. The van der Waals surface area contributed by atoms with E-state index >= 15 is 0 Å². The van der Waals surface area contributed by atoms with Gasteiger partial charge in [-0.3, -0.25) is 0 Å². The van der Waals surface area contributed by atoms with Crippen molar-refractivity contribution in [1.82, 2.24) is 9.97 Å². The number of nitrogens with two attached hydrogens (primary N) is 1. The van der Waals surface area contributed by atoms with E-state index in [0.29, 0.717) is 22.8 Å². The predicted octanol–water partition coefficient (Wildman–Crippen LogP) is 3.01. The van der Waals surface area contributed by atoms with Crippen molar-refractivity contribution < 1.29 is 8.78 Å². The zero-order valence-corrected chi connectivity index (χ0v) is 10.9. The average Bonchev–Trinajstić information content (AvgIpc) is 2.35. The van der Waals surface area contributed by atoms with E-state index in [2.05, 4.69) is 15.3 Å². The molecule has 6 heteroatoms. The number of nitrogens with one attached hydrogen (secondary N) is 1. The minimum atomic E-state index is -0.683. The number of nitrogen functional groups attached to an aromatic ring is 1. The minimum absolute atomic E-state index is 0.236. The second-order valence-corrected chi connectivity index (χ2v) is 4.31. The first-order valence-corrected chi connectivity index (χ1v) is 5.72. The molecule has 1 heterocycles. The number of hydrogen-bond acceptors (Lipinski definition) is 4. The molecule has 2 rings (SSSR count). The van der Waals surface area contributed by atoms with E-state index < -0.39 is 11.6 Å². The van der Waals surface area contributed by atoms with Crippen molar-refractivity contribution in [1.29, 1.82) is 0 Å². The number of aromatic nitrogens is 2. The second-order valence-electron chi connectivity index (χ2n) is 4.31. The van der Waals surface area contributed by atoms with Gasteiger partial charge in [-0.25, -0.2) is 18.7 Å². The predicted molar refractivity (Wildman–Crippen MR) is 70.3 cm³/mol. The molecule has 1 aromatic heterocycles. The zero-order valence-electron chi connectivity index (χ0n) is 10.9. The lowest BCUT2D eigenvalue weighted by molar-refractivity contribution is 0.584. The van der Waals surface area contributed by atoms with Crippen LogP contribution in [0.3, 0.4) is 0 Å². The van der Waals surface area contributed by atoms with Crippen molar-refractivity contribution in [3.8, 4) is 0 Å². The van der Waals surface area contributed by atoms with Gasteiger partial charge in [0.1, 0.15) is 29.0 Å². The highest BCUT2D eigenvalue weighted by Gasteiger charge is 2.14. The first-order valence-electron chi connectivity index (χ1n) is 5.72. The van der Waals surface area contributed by atoms with Crippen molar-refractivity contribution in [3.05, 3.63) is 40.7 Å². The highest BCUT2D eigenvalue weighted by molar-refractivity contribution is 5.65. The summed E-state index contributed by atoms with van der Waals surface area (Å²) < 4.78 is 27.6. The van der Waals surface area contributed by atoms with Crippen molar-refractivity contribution >= 4 is 17.3 Å². The van der Waals surface area contributed by atoms with Crippen LogP contribution in [0.15, 0.2) is 12.1 Å². The molecule has 100 valence electrons. The van der Waals surface area contributed by atoms with Gasteiger partial charge in [0, 0.05) is 5.56 Å². The molecule has 2 aromatic rings. The fraction of sp³-hybridized carbons (Fsp3) is 0.231. The number of halogens is 2. The van der Waals surface area contributed by atoms with Crippen LogP contribution in [0.25, 0.3) is 0 Å². The lowest BCUT2D eigenvalue weighted by Gasteiger charge is -2.13. The summed E-state index contributed by atoms with van der Waals surface area (Å²) in [4.78, 5) is 8.08. The molecule has 0 bridgehead atoms. The molecule has 0 saturated heterocycles. The molecule has 0 unspecified atom stereocenters. The van der Waals surface area contributed by atoms with Gasteiger partial charge in [0.15, 0.2) is 5.82 Å². The van der Waals surface area contributed by atoms with E-state index in [-0.39, 0.29) is 11.5 Å². The molecule has 0 amide bonds. The van der Waals surface area contributed by atoms with Crippen molar-refractivity contribution in [2.24, 2.45) is 0 Å². The lowest BCUT2D eigenvalue weighted by Crippen LogP contribution is -2.07. The maximum Gasteiger partial charge on any atom is 0.152 e. The lowest BCUT2D eigenvalue weighted by atomic mass is 10.2. The maximum absolute atomic E-state index is 13.9. The monoisotopic (exact) mass is 264 g/mol. The second kappa shape index (κ2) is 4.79. The SMILES string of the molecule is Cc1nc(N)c(C)c(Nc2c(F)ccc(C)c2F)n1. The van der Waals surface area contributed by atoms with E-state index in [1.807, 2.05) is 0 Å². The standard InChI is InChI=1S/C13H14F2N4/c1-6-4-5-9(14)11(10(6)15)19-13-7(2)12(16)17-8(3)18-13/h4-5H,1-3H3,(H3,16,17,18,19). The van der Waals surface area contributed by atoms with Crippen LogP contribution in [-0.2, 0) is 0 Å². The Kier molecular flexibility index (Phi) is 3.33. The molecule has 0 fully saturated rings. The highest BCUT2D eigenvalue weighted by Crippen LogP contribution is 2.27. The summed E-state index contributed by atoms with van der Waals surface area (Å²) in [7, 11) is 0. The summed E-state index contributed by atoms with van der Waals surface area (Å²) in [6.45, 7) is 4.90. The average molecular weight is 264 g/mol.